The Morgan fingerprint density at radius 1 is 1.35 bits per heavy atom. The van der Waals surface area contributed by atoms with E-state index in [0.717, 1.165) is 19.1 Å². The van der Waals surface area contributed by atoms with Crippen molar-refractivity contribution in [3.63, 3.8) is 0 Å². The highest BCUT2D eigenvalue weighted by Gasteiger charge is 2.18. The zero-order valence-corrected chi connectivity index (χ0v) is 11.1. The molecule has 0 saturated carbocycles. The van der Waals surface area contributed by atoms with Gasteiger partial charge in [-0.2, -0.15) is 8.42 Å². The van der Waals surface area contributed by atoms with E-state index >= 15 is 0 Å². The Balaban J connectivity index is 4.37. The van der Waals surface area contributed by atoms with Crippen LogP contribution in [0.5, 0.6) is 0 Å². The number of primary amides is 1. The van der Waals surface area contributed by atoms with Crippen LogP contribution in [0, 0.1) is 0 Å². The Labute approximate surface area is 102 Å². The summed E-state index contributed by atoms with van der Waals surface area (Å²) in [7, 11) is -3.58. The van der Waals surface area contributed by atoms with Crippen molar-refractivity contribution in [1.82, 2.24) is 5.32 Å². The van der Waals surface area contributed by atoms with Crippen LogP contribution in [0.15, 0.2) is 0 Å². The molecule has 102 valence electrons. The molecule has 0 saturated heterocycles. The van der Waals surface area contributed by atoms with Crippen LogP contribution in [0.2, 0.25) is 0 Å². The number of nitrogens with two attached hydrogens (primary N) is 1. The zero-order chi connectivity index (χ0) is 13.5. The molecule has 0 spiro atoms. The largest absolute Gasteiger partial charge is 0.353 e. The first-order valence-electron chi connectivity index (χ1n) is 5.34. The highest BCUT2D eigenvalue weighted by Crippen LogP contribution is 2.06. The molecule has 0 aliphatic carbocycles. The van der Waals surface area contributed by atoms with Crippen molar-refractivity contribution in [3.8, 4) is 0 Å². The van der Waals surface area contributed by atoms with E-state index in [1.54, 1.807) is 0 Å². The molecular weight excluding hydrogens is 248 g/mol. The van der Waals surface area contributed by atoms with Gasteiger partial charge in [-0.15, -0.1) is 0 Å². The topological polar surface area (TPSA) is 108 Å². The van der Waals surface area contributed by atoms with Crippen molar-refractivity contribution >= 4 is 16.1 Å². The molecule has 1 atom stereocenters. The number of carbonyl (C=O) groups excluding carboxylic acids is 1. The smallest absolute Gasteiger partial charge is 0.314 e. The first-order chi connectivity index (χ1) is 7.78. The first-order valence-corrected chi connectivity index (χ1v) is 7.16. The van der Waals surface area contributed by atoms with E-state index in [1.165, 1.54) is 0 Å². The van der Waals surface area contributed by atoms with E-state index in [9.17, 15) is 13.2 Å². The van der Waals surface area contributed by atoms with Gasteiger partial charge in [0.15, 0.2) is 6.23 Å². The number of amides is 2. The third-order valence-electron chi connectivity index (χ3n) is 2.00. The van der Waals surface area contributed by atoms with Gasteiger partial charge in [0.25, 0.3) is 10.1 Å². The van der Waals surface area contributed by atoms with Gasteiger partial charge in [0.2, 0.25) is 0 Å². The van der Waals surface area contributed by atoms with E-state index in [0.29, 0.717) is 0 Å². The second kappa shape index (κ2) is 7.46. The number of nitrogens with one attached hydrogen (secondary N) is 1. The van der Waals surface area contributed by atoms with E-state index < -0.39 is 22.4 Å². The Kier molecular flexibility index (Phi) is 7.09. The van der Waals surface area contributed by atoms with Crippen LogP contribution in [0.4, 0.5) is 4.79 Å². The maximum absolute atomic E-state index is 10.8. The van der Waals surface area contributed by atoms with Crippen molar-refractivity contribution in [3.05, 3.63) is 0 Å². The summed E-state index contributed by atoms with van der Waals surface area (Å²) in [5.74, 6) is 0. The van der Waals surface area contributed by atoms with Gasteiger partial charge in [0, 0.05) is 0 Å². The Morgan fingerprint density at radius 3 is 2.24 bits per heavy atom. The molecule has 0 heterocycles. The molecule has 0 aromatic carbocycles. The van der Waals surface area contributed by atoms with Crippen molar-refractivity contribution in [2.75, 3.05) is 12.9 Å². The van der Waals surface area contributed by atoms with Gasteiger partial charge in [0.1, 0.15) is 6.61 Å². The highest BCUT2D eigenvalue weighted by atomic mass is 32.2. The zero-order valence-electron chi connectivity index (χ0n) is 10.3. The Hall–Kier alpha value is -0.860. The van der Waals surface area contributed by atoms with Gasteiger partial charge in [0.05, 0.1) is 12.4 Å². The fraction of sp³-hybridized carbons (Fsp3) is 0.889. The molecule has 2 amide bonds. The lowest BCUT2D eigenvalue weighted by Crippen LogP contribution is -2.45. The lowest BCUT2D eigenvalue weighted by atomic mass is 10.2. The maximum atomic E-state index is 10.8. The minimum Gasteiger partial charge on any atom is -0.353 e. The van der Waals surface area contributed by atoms with Crippen LogP contribution < -0.4 is 11.1 Å². The first kappa shape index (κ1) is 16.1. The van der Waals surface area contributed by atoms with Crippen LogP contribution in [0.1, 0.15) is 26.7 Å². The molecular formula is C9H20N2O5S. The Bertz CT molecular complexity index is 326. The molecule has 7 nitrogen and oxygen atoms in total. The number of urea groups is 1. The average molecular weight is 268 g/mol. The predicted molar refractivity (Wildman–Crippen MR) is 62.8 cm³/mol. The molecule has 0 aromatic rings. The molecule has 0 bridgehead atoms. The average Bonchev–Trinajstić information content (AvgIpc) is 2.20. The molecule has 8 heteroatoms. The van der Waals surface area contributed by atoms with E-state index in [1.807, 2.05) is 13.8 Å². The summed E-state index contributed by atoms with van der Waals surface area (Å²) in [6.07, 6.45) is 1.45. The fourth-order valence-electron chi connectivity index (χ4n) is 1.17. The van der Waals surface area contributed by atoms with Gasteiger partial charge in [-0.1, -0.05) is 13.8 Å². The number of rotatable bonds is 8. The normalized spacial score (nSPS) is 13.6. The maximum Gasteiger partial charge on any atom is 0.314 e. The minimum atomic E-state index is -3.58. The van der Waals surface area contributed by atoms with Crippen LogP contribution in [0.25, 0.3) is 0 Å². The van der Waals surface area contributed by atoms with Gasteiger partial charge in [-0.3, -0.25) is 4.18 Å². The highest BCUT2D eigenvalue weighted by molar-refractivity contribution is 7.85. The summed E-state index contributed by atoms with van der Waals surface area (Å²) in [5, 5.41) is 2.28. The molecule has 0 aliphatic rings. The van der Waals surface area contributed by atoms with Gasteiger partial charge in [-0.25, -0.2) is 4.79 Å². The molecule has 0 radical (unpaired) electrons. The number of hydrogen-bond donors (Lipinski definition) is 2. The summed E-state index contributed by atoms with van der Waals surface area (Å²) >= 11 is 0. The summed E-state index contributed by atoms with van der Waals surface area (Å²) in [4.78, 5) is 10.7. The van der Waals surface area contributed by atoms with Crippen molar-refractivity contribution in [1.29, 1.82) is 0 Å². The van der Waals surface area contributed by atoms with Crippen LogP contribution >= 0.6 is 0 Å². The second-order valence-electron chi connectivity index (χ2n) is 3.56. The van der Waals surface area contributed by atoms with Gasteiger partial charge >= 0.3 is 6.03 Å². The van der Waals surface area contributed by atoms with Crippen molar-refractivity contribution in [2.24, 2.45) is 5.73 Å². The van der Waals surface area contributed by atoms with E-state index in [4.69, 9.17) is 10.5 Å². The van der Waals surface area contributed by atoms with E-state index in [-0.39, 0.29) is 12.7 Å². The fourth-order valence-corrected chi connectivity index (χ4v) is 1.54. The third kappa shape index (κ3) is 8.90. The van der Waals surface area contributed by atoms with Gasteiger partial charge in [-0.05, 0) is 12.8 Å². The summed E-state index contributed by atoms with van der Waals surface area (Å²) in [6.45, 7) is 3.55. The number of ether oxygens (including phenoxy) is 1. The lowest BCUT2D eigenvalue weighted by molar-refractivity contribution is -0.0456. The summed E-state index contributed by atoms with van der Waals surface area (Å²) in [6, 6.07) is -0.793. The monoisotopic (exact) mass is 268 g/mol. The third-order valence-corrected chi connectivity index (χ3v) is 2.57. The van der Waals surface area contributed by atoms with Crippen LogP contribution in [0.3, 0.4) is 0 Å². The van der Waals surface area contributed by atoms with Gasteiger partial charge < -0.3 is 15.8 Å². The standard InChI is InChI=1S/C9H20N2O5S/c1-4-7(5-2)16-8(11-9(10)12)6-15-17(3,13)14/h7-8H,4-6H2,1-3H3,(H3,10,11,12)/t8-/m1/s1. The number of carbonyl (C=O) groups is 1. The SMILES string of the molecule is CCC(CC)O[C@H](COS(C)(=O)=O)NC(N)=O. The second-order valence-corrected chi connectivity index (χ2v) is 5.20. The molecule has 3 N–H and O–H groups in total. The molecule has 0 unspecified atom stereocenters. The minimum absolute atomic E-state index is 0.0880. The summed E-state index contributed by atoms with van der Waals surface area (Å²) in [5.41, 5.74) is 4.96. The number of hydrogen-bond acceptors (Lipinski definition) is 5. The predicted octanol–water partition coefficient (Wildman–Crippen LogP) is 0.162. The van der Waals surface area contributed by atoms with Crippen LogP contribution in [-0.4, -0.2) is 39.6 Å². The molecule has 0 rings (SSSR count). The van der Waals surface area contributed by atoms with Crippen molar-refractivity contribution in [2.45, 2.75) is 39.0 Å². The lowest BCUT2D eigenvalue weighted by Gasteiger charge is -2.23. The Morgan fingerprint density at radius 2 is 1.88 bits per heavy atom. The van der Waals surface area contributed by atoms with Crippen LogP contribution in [-0.2, 0) is 19.0 Å². The molecule has 17 heavy (non-hydrogen) atoms. The van der Waals surface area contributed by atoms with Crippen molar-refractivity contribution < 1.29 is 22.1 Å². The molecule has 0 aliphatic heterocycles. The molecule has 0 fully saturated rings. The summed E-state index contributed by atoms with van der Waals surface area (Å²) < 4.78 is 31.7. The molecule has 0 aromatic heterocycles. The van der Waals surface area contributed by atoms with E-state index in [2.05, 4.69) is 9.50 Å². The quantitative estimate of drug-likeness (QED) is 0.481.